The minimum absolute atomic E-state index is 0.0822. The average molecular weight is 497 g/mol. The minimum Gasteiger partial charge on any atom is -0.467 e. The van der Waals surface area contributed by atoms with Gasteiger partial charge in [0.05, 0.1) is 24.2 Å². The summed E-state index contributed by atoms with van der Waals surface area (Å²) in [6, 6.07) is 20.1. The smallest absolute Gasteiger partial charge is 0.243 e. The van der Waals surface area contributed by atoms with E-state index < -0.39 is 10.0 Å². The number of sulfonamides is 1. The lowest BCUT2D eigenvalue weighted by molar-refractivity contribution is -0.132. The quantitative estimate of drug-likeness (QED) is 0.384. The number of carbonyl (C=O) groups is 1. The maximum Gasteiger partial charge on any atom is 0.243 e. The average Bonchev–Trinajstić information content (AvgIpc) is 3.33. The highest BCUT2D eigenvalue weighted by molar-refractivity contribution is 7.89. The molecule has 0 radical (unpaired) electrons. The molecule has 0 N–H and O–H groups in total. The third kappa shape index (κ3) is 7.05. The summed E-state index contributed by atoms with van der Waals surface area (Å²) in [5.74, 6) is 0.393. The summed E-state index contributed by atoms with van der Waals surface area (Å²) in [5.41, 5.74) is 2.08. The molecule has 0 spiro atoms. The van der Waals surface area contributed by atoms with Crippen LogP contribution < -0.4 is 0 Å². The fourth-order valence-corrected chi connectivity index (χ4v) is 5.42. The lowest BCUT2D eigenvalue weighted by Gasteiger charge is -2.29. The third-order valence-corrected chi connectivity index (χ3v) is 8.02. The van der Waals surface area contributed by atoms with Gasteiger partial charge in [-0.05, 0) is 61.1 Å². The normalized spacial score (nSPS) is 12.3. The van der Waals surface area contributed by atoms with Crippen LogP contribution in [-0.4, -0.2) is 42.7 Å². The molecule has 35 heavy (non-hydrogen) atoms. The number of amides is 1. The molecule has 1 aromatic heterocycles. The molecule has 0 unspecified atom stereocenters. The van der Waals surface area contributed by atoms with Crippen LogP contribution in [-0.2, 0) is 33.2 Å². The van der Waals surface area contributed by atoms with Gasteiger partial charge < -0.3 is 9.32 Å². The largest absolute Gasteiger partial charge is 0.467 e. The van der Waals surface area contributed by atoms with Gasteiger partial charge in [0.2, 0.25) is 15.9 Å². The van der Waals surface area contributed by atoms with Crippen molar-refractivity contribution < 1.29 is 17.6 Å². The van der Waals surface area contributed by atoms with Crippen LogP contribution in [0.5, 0.6) is 0 Å². The van der Waals surface area contributed by atoms with Crippen molar-refractivity contribution in [3.05, 3.63) is 89.9 Å². The number of carbonyl (C=O) groups excluding carboxylic acids is 1. The van der Waals surface area contributed by atoms with E-state index in [4.69, 9.17) is 4.42 Å². The topological polar surface area (TPSA) is 70.8 Å². The Kier molecular flexibility index (Phi) is 8.56. The van der Waals surface area contributed by atoms with E-state index in [1.165, 1.54) is 4.31 Å². The van der Waals surface area contributed by atoms with Crippen LogP contribution in [0.4, 0.5) is 0 Å². The van der Waals surface area contributed by atoms with Crippen LogP contribution >= 0.6 is 0 Å². The first-order chi connectivity index (χ1) is 16.5. The molecule has 0 aliphatic heterocycles. The molecule has 188 valence electrons. The SMILES string of the molecule is CC(C)N(CC(=O)N(CCc1ccccc1)Cc1ccco1)S(=O)(=O)c1ccc(C(C)(C)C)cc1. The Morgan fingerprint density at radius 3 is 2.14 bits per heavy atom. The monoisotopic (exact) mass is 496 g/mol. The summed E-state index contributed by atoms with van der Waals surface area (Å²) in [6.07, 6.45) is 2.23. The van der Waals surface area contributed by atoms with E-state index in [0.717, 1.165) is 11.1 Å². The first-order valence-electron chi connectivity index (χ1n) is 11.9. The van der Waals surface area contributed by atoms with Crippen LogP contribution in [0.3, 0.4) is 0 Å². The summed E-state index contributed by atoms with van der Waals surface area (Å²) in [5, 5.41) is 0. The molecule has 1 heterocycles. The van der Waals surface area contributed by atoms with Crippen molar-refractivity contribution in [2.24, 2.45) is 0 Å². The molecule has 0 aliphatic rings. The standard InChI is InChI=1S/C28H36N2O4S/c1-22(2)30(35(32,33)26-15-13-24(14-16-26)28(3,4)5)21-27(31)29(20-25-12-9-19-34-25)18-17-23-10-7-6-8-11-23/h6-16,19,22H,17-18,20-21H2,1-5H3. The molecule has 1 amide bonds. The Morgan fingerprint density at radius 1 is 0.943 bits per heavy atom. The Balaban J connectivity index is 1.81. The molecule has 7 heteroatoms. The van der Waals surface area contributed by atoms with Crippen molar-refractivity contribution in [1.82, 2.24) is 9.21 Å². The molecular weight excluding hydrogens is 460 g/mol. The molecule has 0 atom stereocenters. The van der Waals surface area contributed by atoms with Gasteiger partial charge in [-0.15, -0.1) is 0 Å². The van der Waals surface area contributed by atoms with E-state index >= 15 is 0 Å². The zero-order valence-electron chi connectivity index (χ0n) is 21.3. The number of hydrogen-bond acceptors (Lipinski definition) is 4. The zero-order chi connectivity index (χ0) is 25.6. The number of furan rings is 1. The van der Waals surface area contributed by atoms with Crippen molar-refractivity contribution >= 4 is 15.9 Å². The first-order valence-corrected chi connectivity index (χ1v) is 13.4. The highest BCUT2D eigenvalue weighted by Crippen LogP contribution is 2.25. The Morgan fingerprint density at radius 2 is 1.60 bits per heavy atom. The van der Waals surface area contributed by atoms with E-state index in [1.54, 1.807) is 43.2 Å². The van der Waals surface area contributed by atoms with Gasteiger partial charge >= 0.3 is 0 Å². The maximum absolute atomic E-state index is 13.5. The van der Waals surface area contributed by atoms with E-state index in [9.17, 15) is 13.2 Å². The fourth-order valence-electron chi connectivity index (χ4n) is 3.83. The fraction of sp³-hybridized carbons (Fsp3) is 0.393. The van der Waals surface area contributed by atoms with Crippen molar-refractivity contribution in [2.75, 3.05) is 13.1 Å². The van der Waals surface area contributed by atoms with Gasteiger partial charge in [0.1, 0.15) is 5.76 Å². The van der Waals surface area contributed by atoms with Crippen LogP contribution in [0.25, 0.3) is 0 Å². The van der Waals surface area contributed by atoms with Gasteiger partial charge in [-0.3, -0.25) is 4.79 Å². The third-order valence-electron chi connectivity index (χ3n) is 5.99. The second-order valence-electron chi connectivity index (χ2n) is 10.0. The van der Waals surface area contributed by atoms with Crippen LogP contribution in [0.1, 0.15) is 51.5 Å². The highest BCUT2D eigenvalue weighted by Gasteiger charge is 2.31. The molecule has 3 aromatic rings. The first kappa shape index (κ1) is 26.7. The summed E-state index contributed by atoms with van der Waals surface area (Å²) in [6.45, 7) is 10.3. The van der Waals surface area contributed by atoms with Crippen LogP contribution in [0.15, 0.2) is 82.3 Å². The van der Waals surface area contributed by atoms with Gasteiger partial charge in [-0.1, -0.05) is 63.2 Å². The van der Waals surface area contributed by atoms with Gasteiger partial charge in [0.25, 0.3) is 0 Å². The van der Waals surface area contributed by atoms with E-state index in [-0.39, 0.29) is 35.3 Å². The number of nitrogens with zero attached hydrogens (tertiary/aromatic N) is 2. The second-order valence-corrected chi connectivity index (χ2v) is 11.9. The van der Waals surface area contributed by atoms with Crippen LogP contribution in [0, 0.1) is 0 Å². The molecule has 3 rings (SSSR count). The molecule has 2 aromatic carbocycles. The lowest BCUT2D eigenvalue weighted by Crippen LogP contribution is -2.46. The maximum atomic E-state index is 13.5. The number of hydrogen-bond donors (Lipinski definition) is 0. The van der Waals surface area contributed by atoms with Crippen molar-refractivity contribution in [1.29, 1.82) is 0 Å². The zero-order valence-corrected chi connectivity index (χ0v) is 22.1. The molecule has 0 fully saturated rings. The molecule has 0 bridgehead atoms. The van der Waals surface area contributed by atoms with Crippen molar-refractivity contribution in [3.63, 3.8) is 0 Å². The molecule has 6 nitrogen and oxygen atoms in total. The Labute approximate surface area is 209 Å². The van der Waals surface area contributed by atoms with E-state index in [0.29, 0.717) is 18.7 Å². The lowest BCUT2D eigenvalue weighted by atomic mass is 9.87. The Bertz CT molecular complexity index is 1180. The van der Waals surface area contributed by atoms with Gasteiger partial charge in [0.15, 0.2) is 0 Å². The van der Waals surface area contributed by atoms with Gasteiger partial charge in [0, 0.05) is 12.6 Å². The van der Waals surface area contributed by atoms with Crippen molar-refractivity contribution in [3.8, 4) is 0 Å². The number of benzene rings is 2. The Hall–Kier alpha value is -2.90. The predicted molar refractivity (Wildman–Crippen MR) is 138 cm³/mol. The summed E-state index contributed by atoms with van der Waals surface area (Å²) >= 11 is 0. The summed E-state index contributed by atoms with van der Waals surface area (Å²) in [4.78, 5) is 15.3. The summed E-state index contributed by atoms with van der Waals surface area (Å²) < 4.78 is 33.8. The van der Waals surface area contributed by atoms with E-state index in [2.05, 4.69) is 20.8 Å². The molecule has 0 saturated carbocycles. The van der Waals surface area contributed by atoms with Crippen LogP contribution in [0.2, 0.25) is 0 Å². The van der Waals surface area contributed by atoms with Gasteiger partial charge in [-0.25, -0.2) is 8.42 Å². The molecule has 0 aliphatic carbocycles. The number of rotatable bonds is 10. The second kappa shape index (κ2) is 11.2. The van der Waals surface area contributed by atoms with Gasteiger partial charge in [-0.2, -0.15) is 4.31 Å². The van der Waals surface area contributed by atoms with E-state index in [1.807, 2.05) is 48.5 Å². The minimum atomic E-state index is -3.86. The van der Waals surface area contributed by atoms with Crippen molar-refractivity contribution in [2.45, 2.75) is 63.9 Å². The molecular formula is C28H36N2O4S. The molecule has 0 saturated heterocycles. The predicted octanol–water partition coefficient (Wildman–Crippen LogP) is 5.25. The highest BCUT2D eigenvalue weighted by atomic mass is 32.2. The summed E-state index contributed by atoms with van der Waals surface area (Å²) in [7, 11) is -3.86.